The van der Waals surface area contributed by atoms with Crippen molar-refractivity contribution in [3.05, 3.63) is 53.1 Å². The highest BCUT2D eigenvalue weighted by Crippen LogP contribution is 2.29. The van der Waals surface area contributed by atoms with E-state index in [-0.39, 0.29) is 17.2 Å². The van der Waals surface area contributed by atoms with Gasteiger partial charge in [0, 0.05) is 12.6 Å². The first kappa shape index (κ1) is 19.1. The molecule has 0 unspecified atom stereocenters. The number of ether oxygens (including phenoxy) is 2. The quantitative estimate of drug-likeness (QED) is 0.794. The lowest BCUT2D eigenvalue weighted by Gasteiger charge is -2.11. The van der Waals surface area contributed by atoms with Gasteiger partial charge >= 0.3 is 0 Å². The van der Waals surface area contributed by atoms with E-state index < -0.39 is 15.7 Å². The van der Waals surface area contributed by atoms with Gasteiger partial charge in [-0.05, 0) is 24.3 Å². The minimum atomic E-state index is -3.59. The second-order valence-electron chi connectivity index (χ2n) is 5.07. The van der Waals surface area contributed by atoms with Gasteiger partial charge in [-0.1, -0.05) is 23.7 Å². The van der Waals surface area contributed by atoms with E-state index in [2.05, 4.69) is 5.32 Å². The lowest BCUT2D eigenvalue weighted by atomic mass is 10.2. The van der Waals surface area contributed by atoms with Crippen molar-refractivity contribution in [3.63, 3.8) is 0 Å². The highest BCUT2D eigenvalue weighted by Gasteiger charge is 2.18. The van der Waals surface area contributed by atoms with E-state index >= 15 is 0 Å². The molecule has 0 atom stereocenters. The van der Waals surface area contributed by atoms with Gasteiger partial charge in [-0.3, -0.25) is 4.79 Å². The fraction of sp³-hybridized carbons (Fsp3) is 0.235. The number of hydrogen-bond donors (Lipinski definition) is 1. The molecule has 6 nitrogen and oxygen atoms in total. The summed E-state index contributed by atoms with van der Waals surface area (Å²) >= 11 is 5.94. The Morgan fingerprint density at radius 1 is 1.08 bits per heavy atom. The maximum Gasteiger partial charge on any atom is 0.252 e. The Morgan fingerprint density at radius 3 is 2.40 bits per heavy atom. The number of hydrogen-bond acceptors (Lipinski definition) is 5. The number of carbonyl (C=O) groups is 1. The Bertz CT molecular complexity index is 867. The van der Waals surface area contributed by atoms with E-state index in [9.17, 15) is 13.2 Å². The Balaban J connectivity index is 2.05. The van der Waals surface area contributed by atoms with Crippen LogP contribution in [0.3, 0.4) is 0 Å². The molecular weight excluding hydrogens is 366 g/mol. The van der Waals surface area contributed by atoms with Gasteiger partial charge in [-0.25, -0.2) is 8.42 Å². The molecule has 134 valence electrons. The SMILES string of the molecule is COc1ccc(S(=O)(=O)CCNC(=O)c2ccccc2Cl)cc1OC. The molecule has 0 heterocycles. The van der Waals surface area contributed by atoms with Crippen molar-refractivity contribution in [2.24, 2.45) is 0 Å². The summed E-state index contributed by atoms with van der Waals surface area (Å²) in [5.41, 5.74) is 0.299. The highest BCUT2D eigenvalue weighted by molar-refractivity contribution is 7.91. The van der Waals surface area contributed by atoms with Gasteiger partial charge in [0.1, 0.15) is 0 Å². The molecule has 0 spiro atoms. The molecule has 0 saturated heterocycles. The number of benzene rings is 2. The van der Waals surface area contributed by atoms with Gasteiger partial charge in [-0.2, -0.15) is 0 Å². The molecule has 2 rings (SSSR count). The van der Waals surface area contributed by atoms with E-state index in [0.29, 0.717) is 22.1 Å². The summed E-state index contributed by atoms with van der Waals surface area (Å²) < 4.78 is 35.0. The van der Waals surface area contributed by atoms with Crippen LogP contribution in [0.4, 0.5) is 0 Å². The van der Waals surface area contributed by atoms with Crippen molar-refractivity contribution >= 4 is 27.3 Å². The number of carbonyl (C=O) groups excluding carboxylic acids is 1. The predicted molar refractivity (Wildman–Crippen MR) is 95.4 cm³/mol. The Kier molecular flexibility index (Phi) is 6.27. The van der Waals surface area contributed by atoms with E-state index in [1.807, 2.05) is 0 Å². The Morgan fingerprint density at radius 2 is 1.76 bits per heavy atom. The minimum absolute atomic E-state index is 0.0409. The van der Waals surface area contributed by atoms with E-state index in [4.69, 9.17) is 21.1 Å². The summed E-state index contributed by atoms with van der Waals surface area (Å²) in [5.74, 6) is 0.0869. The zero-order valence-electron chi connectivity index (χ0n) is 13.8. The van der Waals surface area contributed by atoms with Gasteiger partial charge in [-0.15, -0.1) is 0 Å². The lowest BCUT2D eigenvalue weighted by molar-refractivity contribution is 0.0956. The number of halogens is 1. The average molecular weight is 384 g/mol. The fourth-order valence-corrected chi connectivity index (χ4v) is 3.56. The van der Waals surface area contributed by atoms with Crippen LogP contribution in [0.1, 0.15) is 10.4 Å². The predicted octanol–water partition coefficient (Wildman–Crippen LogP) is 2.56. The van der Waals surface area contributed by atoms with E-state index in [0.717, 1.165) is 0 Å². The number of amides is 1. The van der Waals surface area contributed by atoms with Crippen molar-refractivity contribution < 1.29 is 22.7 Å². The van der Waals surface area contributed by atoms with Gasteiger partial charge in [0.15, 0.2) is 21.3 Å². The molecule has 0 aliphatic rings. The zero-order chi connectivity index (χ0) is 18.4. The molecule has 0 bridgehead atoms. The van der Waals surface area contributed by atoms with E-state index in [1.54, 1.807) is 24.3 Å². The van der Waals surface area contributed by atoms with Crippen molar-refractivity contribution in [2.75, 3.05) is 26.5 Å². The number of methoxy groups -OCH3 is 2. The number of rotatable bonds is 7. The van der Waals surface area contributed by atoms with Crippen LogP contribution in [0.2, 0.25) is 5.02 Å². The summed E-state index contributed by atoms with van der Waals surface area (Å²) in [6.07, 6.45) is 0. The van der Waals surface area contributed by atoms with Gasteiger partial charge in [0.05, 0.1) is 35.5 Å². The monoisotopic (exact) mass is 383 g/mol. The molecule has 1 N–H and O–H groups in total. The van der Waals surface area contributed by atoms with Crippen molar-refractivity contribution in [3.8, 4) is 11.5 Å². The van der Waals surface area contributed by atoms with Crippen LogP contribution in [0.25, 0.3) is 0 Å². The molecule has 0 fully saturated rings. The van der Waals surface area contributed by atoms with Crippen molar-refractivity contribution in [1.29, 1.82) is 0 Å². The molecule has 25 heavy (non-hydrogen) atoms. The summed E-state index contributed by atoms with van der Waals surface area (Å²) in [6.45, 7) is -0.0409. The standard InChI is InChI=1S/C17H18ClNO5S/c1-23-15-8-7-12(11-16(15)24-2)25(21,22)10-9-19-17(20)13-5-3-4-6-14(13)18/h3-8,11H,9-10H2,1-2H3,(H,19,20). The minimum Gasteiger partial charge on any atom is -0.493 e. The maximum atomic E-state index is 12.4. The first-order valence-electron chi connectivity index (χ1n) is 7.36. The molecule has 2 aromatic carbocycles. The molecule has 0 aliphatic heterocycles. The average Bonchev–Trinajstić information content (AvgIpc) is 2.61. The molecule has 2 aromatic rings. The van der Waals surface area contributed by atoms with Crippen LogP contribution >= 0.6 is 11.6 Å². The van der Waals surface area contributed by atoms with Crippen LogP contribution < -0.4 is 14.8 Å². The van der Waals surface area contributed by atoms with Gasteiger partial charge in [0.25, 0.3) is 5.91 Å². The molecule has 8 heteroatoms. The highest BCUT2D eigenvalue weighted by atomic mass is 35.5. The fourth-order valence-electron chi connectivity index (χ4n) is 2.17. The molecule has 0 aromatic heterocycles. The first-order chi connectivity index (χ1) is 11.9. The van der Waals surface area contributed by atoms with Crippen molar-refractivity contribution in [1.82, 2.24) is 5.32 Å². The summed E-state index contributed by atoms with van der Waals surface area (Å²) in [7, 11) is -0.692. The largest absolute Gasteiger partial charge is 0.493 e. The maximum absolute atomic E-state index is 12.4. The van der Waals surface area contributed by atoms with Gasteiger partial charge in [0.2, 0.25) is 0 Å². The number of sulfone groups is 1. The van der Waals surface area contributed by atoms with Crippen molar-refractivity contribution in [2.45, 2.75) is 4.90 Å². The number of nitrogens with one attached hydrogen (secondary N) is 1. The first-order valence-corrected chi connectivity index (χ1v) is 9.39. The van der Waals surface area contributed by atoms with Crippen LogP contribution in [0.5, 0.6) is 11.5 Å². The van der Waals surface area contributed by atoms with Gasteiger partial charge < -0.3 is 14.8 Å². The molecule has 1 amide bonds. The second kappa shape index (κ2) is 8.22. The second-order valence-corrected chi connectivity index (χ2v) is 7.59. The van der Waals surface area contributed by atoms with Crippen LogP contribution in [0, 0.1) is 0 Å². The molecular formula is C17H18ClNO5S. The molecule has 0 aliphatic carbocycles. The van der Waals surface area contributed by atoms with Crippen LogP contribution in [-0.4, -0.2) is 40.8 Å². The third kappa shape index (κ3) is 4.64. The topological polar surface area (TPSA) is 81.7 Å². The smallest absolute Gasteiger partial charge is 0.252 e. The summed E-state index contributed by atoms with van der Waals surface area (Å²) in [5, 5.41) is 2.87. The normalized spacial score (nSPS) is 11.0. The lowest BCUT2D eigenvalue weighted by Crippen LogP contribution is -2.29. The zero-order valence-corrected chi connectivity index (χ0v) is 15.4. The third-order valence-electron chi connectivity index (χ3n) is 3.49. The Labute approximate surface area is 151 Å². The summed E-state index contributed by atoms with van der Waals surface area (Å²) in [6, 6.07) is 10.9. The molecule has 0 radical (unpaired) electrons. The summed E-state index contributed by atoms with van der Waals surface area (Å²) in [4.78, 5) is 12.1. The molecule has 0 saturated carbocycles. The van der Waals surface area contributed by atoms with E-state index in [1.165, 1.54) is 32.4 Å². The Hall–Kier alpha value is -2.25. The van der Waals surface area contributed by atoms with Crippen LogP contribution in [-0.2, 0) is 9.84 Å². The third-order valence-corrected chi connectivity index (χ3v) is 5.53. The van der Waals surface area contributed by atoms with Crippen LogP contribution in [0.15, 0.2) is 47.4 Å².